The van der Waals surface area contributed by atoms with Gasteiger partial charge in [-0.25, -0.2) is 0 Å². The number of allylic oxidation sites excluding steroid dienone is 2. The van der Waals surface area contributed by atoms with Crippen LogP contribution in [0.2, 0.25) is 0 Å². The van der Waals surface area contributed by atoms with Gasteiger partial charge in [-0.05, 0) is 119 Å². The van der Waals surface area contributed by atoms with E-state index in [2.05, 4.69) is 36.4 Å². The second-order valence-corrected chi connectivity index (χ2v) is 14.9. The third-order valence-corrected chi connectivity index (χ3v) is 10.6. The van der Waals surface area contributed by atoms with Crippen LogP contribution in [0.3, 0.4) is 0 Å². The third-order valence-electron chi connectivity index (χ3n) is 10.6. The van der Waals surface area contributed by atoms with E-state index < -0.39 is 0 Å². The summed E-state index contributed by atoms with van der Waals surface area (Å²) >= 11 is 0. The van der Waals surface area contributed by atoms with E-state index in [1.165, 1.54) is 33.4 Å². The largest absolute Gasteiger partial charge is 0.491 e. The summed E-state index contributed by atoms with van der Waals surface area (Å²) in [6.45, 7) is 7.42. The molecule has 0 radical (unpaired) electrons. The molecule has 2 heterocycles. The molecule has 2 aliphatic heterocycles. The minimum Gasteiger partial charge on any atom is -0.491 e. The first kappa shape index (κ1) is 41.9. The molecule has 0 aromatic heterocycles. The zero-order valence-electron chi connectivity index (χ0n) is 34.4. The summed E-state index contributed by atoms with van der Waals surface area (Å²) in [5, 5.41) is 0. The van der Waals surface area contributed by atoms with Crippen molar-refractivity contribution in [3.05, 3.63) is 106 Å². The van der Waals surface area contributed by atoms with Gasteiger partial charge in [0.1, 0.15) is 74.1 Å². The first-order valence-corrected chi connectivity index (χ1v) is 21.2. The normalized spacial score (nSPS) is 20.4. The molecule has 4 aromatic carbocycles. The highest BCUT2D eigenvalue weighted by Gasteiger charge is 2.26. The third kappa shape index (κ3) is 12.1. The highest BCUT2D eigenvalue weighted by Crippen LogP contribution is 2.45. The molecule has 12 nitrogen and oxygen atoms in total. The van der Waals surface area contributed by atoms with Gasteiger partial charge in [-0.3, -0.25) is 0 Å². The van der Waals surface area contributed by atoms with Crippen molar-refractivity contribution >= 4 is 11.1 Å². The van der Waals surface area contributed by atoms with Gasteiger partial charge >= 0.3 is 0 Å². The predicted molar refractivity (Wildman–Crippen MR) is 225 cm³/mol. The minimum atomic E-state index is 0.347. The molecule has 0 unspecified atom stereocenters. The fourth-order valence-corrected chi connectivity index (χ4v) is 7.76. The summed E-state index contributed by atoms with van der Waals surface area (Å²) in [7, 11) is 0. The molecule has 0 saturated carbocycles. The molecular weight excluding hydrogens is 769 g/mol. The van der Waals surface area contributed by atoms with Crippen LogP contribution in [-0.4, -0.2) is 106 Å². The van der Waals surface area contributed by atoms with Gasteiger partial charge in [0.2, 0.25) is 0 Å². The Kier molecular flexibility index (Phi) is 15.5. The van der Waals surface area contributed by atoms with E-state index in [1.54, 1.807) is 0 Å². The molecular formula is C48H56O12. The van der Waals surface area contributed by atoms with Gasteiger partial charge in [0.05, 0.1) is 79.3 Å². The van der Waals surface area contributed by atoms with Crippen molar-refractivity contribution in [2.45, 2.75) is 38.9 Å². The summed E-state index contributed by atoms with van der Waals surface area (Å²) in [5.41, 5.74) is 9.88. The summed E-state index contributed by atoms with van der Waals surface area (Å²) in [6.07, 6.45) is 4.01. The van der Waals surface area contributed by atoms with Crippen LogP contribution >= 0.6 is 0 Å². The number of ether oxygens (including phenoxy) is 12. The number of hydrogen-bond acceptors (Lipinski definition) is 12. The Hall–Kier alpha value is -4.82. The Balaban J connectivity index is 1.07. The van der Waals surface area contributed by atoms with E-state index in [9.17, 15) is 0 Å². The molecule has 8 rings (SSSR count). The van der Waals surface area contributed by atoms with Crippen LogP contribution in [0.25, 0.3) is 11.1 Å². The molecule has 0 spiro atoms. The second kappa shape index (κ2) is 22.1. The molecule has 0 atom stereocenters. The molecule has 4 aliphatic rings. The lowest BCUT2D eigenvalue weighted by atomic mass is 9.96. The van der Waals surface area contributed by atoms with Crippen molar-refractivity contribution in [3.63, 3.8) is 0 Å². The van der Waals surface area contributed by atoms with E-state index in [1.807, 2.05) is 36.4 Å². The SMILES string of the molecule is c1c2cc3cc1OCCOCCOCCOCCOc1cc(cc(c1)OCCOCCOCCOCCO3)COc1ccc3c(c1)/C(=C1\CCc4ccc(cc41)OC2)CC3. The van der Waals surface area contributed by atoms with E-state index >= 15 is 0 Å². The number of aryl methyl sites for hydroxylation is 2. The smallest absolute Gasteiger partial charge is 0.123 e. The summed E-state index contributed by atoms with van der Waals surface area (Å²) < 4.78 is 72.0. The summed E-state index contributed by atoms with van der Waals surface area (Å²) in [4.78, 5) is 0. The first-order chi connectivity index (χ1) is 29.7. The first-order valence-electron chi connectivity index (χ1n) is 21.2. The maximum absolute atomic E-state index is 6.47. The van der Waals surface area contributed by atoms with Gasteiger partial charge < -0.3 is 56.8 Å². The molecule has 0 amide bonds. The zero-order valence-corrected chi connectivity index (χ0v) is 34.4. The molecule has 4 aromatic rings. The topological polar surface area (TPSA) is 111 Å². The van der Waals surface area contributed by atoms with E-state index in [0.29, 0.717) is 142 Å². The maximum Gasteiger partial charge on any atom is 0.123 e. The Bertz CT molecular complexity index is 1820. The Morgan fingerprint density at radius 3 is 0.917 bits per heavy atom. The van der Waals surface area contributed by atoms with Crippen LogP contribution in [0.1, 0.15) is 46.2 Å². The van der Waals surface area contributed by atoms with Crippen molar-refractivity contribution in [1.29, 1.82) is 0 Å². The van der Waals surface area contributed by atoms with Gasteiger partial charge in [-0.2, -0.15) is 0 Å². The van der Waals surface area contributed by atoms with Crippen molar-refractivity contribution in [2.24, 2.45) is 0 Å². The number of fused-ring (bicyclic) bond motifs is 6. The monoisotopic (exact) mass is 824 g/mol. The fourth-order valence-electron chi connectivity index (χ4n) is 7.76. The Morgan fingerprint density at radius 1 is 0.267 bits per heavy atom. The minimum absolute atomic E-state index is 0.347. The van der Waals surface area contributed by atoms with Crippen molar-refractivity contribution in [2.75, 3.05) is 106 Å². The summed E-state index contributed by atoms with van der Waals surface area (Å²) in [6, 6.07) is 24.7. The van der Waals surface area contributed by atoms with Gasteiger partial charge in [-0.15, -0.1) is 0 Å². The molecule has 12 heteroatoms. The van der Waals surface area contributed by atoms with Crippen molar-refractivity contribution in [1.82, 2.24) is 0 Å². The van der Waals surface area contributed by atoms with Crippen molar-refractivity contribution < 1.29 is 56.8 Å². The van der Waals surface area contributed by atoms with Crippen LogP contribution < -0.4 is 28.4 Å². The molecule has 2 aliphatic carbocycles. The standard InChI is InChI=1S/C48H56O12/c1-5-39-31-47-37(1)3-7-45(47)46-8-4-38-2-6-40(32-48(38)46)60-34-36-27-43-30-44(28-36)58-24-20-54-16-12-50-10-14-52-18-22-56-42-26-35(33-59-39)25-41(29-42)55-21-17-51-13-9-49-11-15-53-19-23-57-43/h1-2,5-6,25-32H,3-4,7-24,33-34H2/b46-45+. The molecule has 0 fully saturated rings. The van der Waals surface area contributed by atoms with Crippen molar-refractivity contribution in [3.8, 4) is 34.5 Å². The van der Waals surface area contributed by atoms with Gasteiger partial charge in [-0.1, -0.05) is 12.1 Å². The quantitative estimate of drug-likeness (QED) is 0.178. The van der Waals surface area contributed by atoms with Crippen LogP contribution in [0, 0.1) is 0 Å². The van der Waals surface area contributed by atoms with Gasteiger partial charge in [0, 0.05) is 12.1 Å². The molecule has 0 saturated heterocycles. The Morgan fingerprint density at radius 2 is 0.583 bits per heavy atom. The number of rotatable bonds is 0. The Labute approximate surface area is 352 Å². The summed E-state index contributed by atoms with van der Waals surface area (Å²) in [5.74, 6) is 4.34. The lowest BCUT2D eigenvalue weighted by Crippen LogP contribution is -2.15. The van der Waals surface area contributed by atoms with Gasteiger partial charge in [0.15, 0.2) is 0 Å². The van der Waals surface area contributed by atoms with E-state index in [0.717, 1.165) is 48.3 Å². The number of hydrogen-bond donors (Lipinski definition) is 0. The van der Waals surface area contributed by atoms with Crippen LogP contribution in [-0.2, 0) is 54.5 Å². The maximum atomic E-state index is 6.47. The van der Waals surface area contributed by atoms with Crippen LogP contribution in [0.15, 0.2) is 72.8 Å². The van der Waals surface area contributed by atoms with E-state index in [4.69, 9.17) is 56.8 Å². The van der Waals surface area contributed by atoms with E-state index in [-0.39, 0.29) is 0 Å². The van der Waals surface area contributed by atoms with Crippen LogP contribution in [0.5, 0.6) is 34.5 Å². The molecule has 320 valence electrons. The van der Waals surface area contributed by atoms with Gasteiger partial charge in [0.25, 0.3) is 0 Å². The second-order valence-electron chi connectivity index (χ2n) is 14.9. The molecule has 10 bridgehead atoms. The highest BCUT2D eigenvalue weighted by molar-refractivity contribution is 5.96. The molecule has 0 N–H and O–H groups in total. The lowest BCUT2D eigenvalue weighted by Gasteiger charge is -2.15. The highest BCUT2D eigenvalue weighted by atomic mass is 16.6. The molecule has 60 heavy (non-hydrogen) atoms. The zero-order chi connectivity index (χ0) is 40.6. The fraction of sp³-hybridized carbons (Fsp3) is 0.458. The predicted octanol–water partition coefficient (Wildman–Crippen LogP) is 7.29. The van der Waals surface area contributed by atoms with Crippen LogP contribution in [0.4, 0.5) is 0 Å². The number of benzene rings is 4. The average molecular weight is 825 g/mol. The lowest BCUT2D eigenvalue weighted by molar-refractivity contribution is 0.00432. The average Bonchev–Trinajstić information content (AvgIpc) is 3.88.